The average molecular weight is 397 g/mol. The molecule has 0 aromatic heterocycles. The Kier molecular flexibility index (Phi) is 8.07. The van der Waals surface area contributed by atoms with E-state index in [1.54, 1.807) is 19.2 Å². The summed E-state index contributed by atoms with van der Waals surface area (Å²) in [7, 11) is -1.43. The van der Waals surface area contributed by atoms with E-state index in [-0.39, 0.29) is 6.10 Å². The fraction of sp³-hybridized carbons (Fsp3) is 0.632. The number of hydrogen-bond donors (Lipinski definition) is 2. The summed E-state index contributed by atoms with van der Waals surface area (Å²) in [6, 6.07) is 6.87. The lowest BCUT2D eigenvalue weighted by atomic mass is 10.2. The van der Waals surface area contributed by atoms with Crippen molar-refractivity contribution in [2.24, 2.45) is 10.9 Å². The van der Waals surface area contributed by atoms with Gasteiger partial charge in [0, 0.05) is 46.0 Å². The van der Waals surface area contributed by atoms with Gasteiger partial charge in [-0.05, 0) is 23.6 Å². The van der Waals surface area contributed by atoms with Gasteiger partial charge in [0.1, 0.15) is 0 Å². The van der Waals surface area contributed by atoms with E-state index in [1.165, 1.54) is 6.26 Å². The Morgan fingerprint density at radius 3 is 2.59 bits per heavy atom. The Morgan fingerprint density at radius 2 is 2.00 bits per heavy atom. The molecule has 7 nitrogen and oxygen atoms in total. The van der Waals surface area contributed by atoms with Crippen LogP contribution in [0.4, 0.5) is 0 Å². The standard InChI is InChI=1S/C19H32N4O3S/c1-15(2)13-23-9-10-26-17(14-23)12-22-19(20-3)21-11-16-5-7-18(8-6-16)27(4,24)25/h5-8,15,17H,9-14H2,1-4H3,(H2,20,21,22). The zero-order valence-electron chi connectivity index (χ0n) is 16.7. The third-order valence-electron chi connectivity index (χ3n) is 4.38. The van der Waals surface area contributed by atoms with Gasteiger partial charge in [0.05, 0.1) is 17.6 Å². The highest BCUT2D eigenvalue weighted by Gasteiger charge is 2.21. The average Bonchev–Trinajstić information content (AvgIpc) is 2.61. The molecule has 2 rings (SSSR count). The summed E-state index contributed by atoms with van der Waals surface area (Å²) < 4.78 is 28.9. The van der Waals surface area contributed by atoms with Crippen molar-refractivity contribution in [1.29, 1.82) is 0 Å². The summed E-state index contributed by atoms with van der Waals surface area (Å²) in [5.41, 5.74) is 0.988. The van der Waals surface area contributed by atoms with Crippen LogP contribution in [0.15, 0.2) is 34.2 Å². The monoisotopic (exact) mass is 396 g/mol. The van der Waals surface area contributed by atoms with Crippen molar-refractivity contribution in [2.75, 3.05) is 46.1 Å². The van der Waals surface area contributed by atoms with E-state index in [2.05, 4.69) is 34.4 Å². The topological polar surface area (TPSA) is 83.0 Å². The molecule has 0 radical (unpaired) electrons. The van der Waals surface area contributed by atoms with Gasteiger partial charge in [-0.1, -0.05) is 26.0 Å². The number of sulfone groups is 1. The zero-order valence-corrected chi connectivity index (χ0v) is 17.6. The molecule has 1 aromatic carbocycles. The van der Waals surface area contributed by atoms with Crippen LogP contribution in [0, 0.1) is 5.92 Å². The van der Waals surface area contributed by atoms with Crippen LogP contribution in [0.3, 0.4) is 0 Å². The first-order chi connectivity index (χ1) is 12.8. The molecule has 0 saturated carbocycles. The Balaban J connectivity index is 1.79. The first-order valence-electron chi connectivity index (χ1n) is 9.35. The van der Waals surface area contributed by atoms with Crippen molar-refractivity contribution >= 4 is 15.8 Å². The maximum atomic E-state index is 11.5. The van der Waals surface area contributed by atoms with E-state index in [4.69, 9.17) is 4.74 Å². The highest BCUT2D eigenvalue weighted by atomic mass is 32.2. The maximum absolute atomic E-state index is 11.5. The van der Waals surface area contributed by atoms with Gasteiger partial charge in [-0.25, -0.2) is 8.42 Å². The molecule has 1 fully saturated rings. The van der Waals surface area contributed by atoms with Crippen molar-refractivity contribution in [3.8, 4) is 0 Å². The van der Waals surface area contributed by atoms with Crippen LogP contribution >= 0.6 is 0 Å². The summed E-state index contributed by atoms with van der Waals surface area (Å²) in [6.45, 7) is 9.50. The minimum atomic E-state index is -3.16. The zero-order chi connectivity index (χ0) is 19.9. The van der Waals surface area contributed by atoms with Crippen LogP contribution in [0.5, 0.6) is 0 Å². The van der Waals surface area contributed by atoms with Crippen LogP contribution in [0.25, 0.3) is 0 Å². The van der Waals surface area contributed by atoms with E-state index in [0.29, 0.717) is 29.9 Å². The van der Waals surface area contributed by atoms with E-state index in [1.807, 2.05) is 12.1 Å². The molecule has 1 heterocycles. The molecule has 2 N–H and O–H groups in total. The van der Waals surface area contributed by atoms with E-state index in [0.717, 1.165) is 31.8 Å². The predicted molar refractivity (Wildman–Crippen MR) is 109 cm³/mol. The molecular formula is C19H32N4O3S. The molecule has 1 aliphatic rings. The number of nitrogens with zero attached hydrogens (tertiary/aromatic N) is 2. The Morgan fingerprint density at radius 1 is 1.30 bits per heavy atom. The largest absolute Gasteiger partial charge is 0.374 e. The molecule has 0 aliphatic carbocycles. The van der Waals surface area contributed by atoms with E-state index in [9.17, 15) is 8.42 Å². The Hall–Kier alpha value is -1.64. The van der Waals surface area contributed by atoms with Crippen molar-refractivity contribution in [3.05, 3.63) is 29.8 Å². The Bertz CT molecular complexity index is 717. The maximum Gasteiger partial charge on any atom is 0.191 e. The van der Waals surface area contributed by atoms with Gasteiger partial charge in [-0.3, -0.25) is 9.89 Å². The number of benzene rings is 1. The summed E-state index contributed by atoms with van der Waals surface area (Å²) in [5, 5.41) is 6.56. The third-order valence-corrected chi connectivity index (χ3v) is 5.51. The minimum absolute atomic E-state index is 0.144. The molecule has 1 saturated heterocycles. The van der Waals surface area contributed by atoms with Gasteiger partial charge in [0.25, 0.3) is 0 Å². The lowest BCUT2D eigenvalue weighted by molar-refractivity contribution is -0.0284. The van der Waals surface area contributed by atoms with Gasteiger partial charge in [-0.2, -0.15) is 0 Å². The number of ether oxygens (including phenoxy) is 1. The van der Waals surface area contributed by atoms with Crippen LogP contribution in [-0.4, -0.2) is 71.5 Å². The molecule has 1 atom stereocenters. The Labute approximate surface area is 163 Å². The molecule has 1 aromatic rings. The smallest absolute Gasteiger partial charge is 0.191 e. The van der Waals surface area contributed by atoms with Crippen LogP contribution in [-0.2, 0) is 21.1 Å². The second-order valence-electron chi connectivity index (χ2n) is 7.37. The molecule has 8 heteroatoms. The second kappa shape index (κ2) is 10.1. The molecule has 152 valence electrons. The molecule has 1 unspecified atom stereocenters. The number of morpholine rings is 1. The summed E-state index contributed by atoms with van der Waals surface area (Å²) in [4.78, 5) is 7.01. The fourth-order valence-corrected chi connectivity index (χ4v) is 3.69. The van der Waals surface area contributed by atoms with Gasteiger partial charge < -0.3 is 15.4 Å². The number of guanidine groups is 1. The molecule has 0 bridgehead atoms. The van der Waals surface area contributed by atoms with Crippen molar-refractivity contribution in [2.45, 2.75) is 31.4 Å². The lowest BCUT2D eigenvalue weighted by Crippen LogP contribution is -2.50. The van der Waals surface area contributed by atoms with Gasteiger partial charge >= 0.3 is 0 Å². The quantitative estimate of drug-likeness (QED) is 0.531. The van der Waals surface area contributed by atoms with Crippen molar-refractivity contribution < 1.29 is 13.2 Å². The molecule has 27 heavy (non-hydrogen) atoms. The first-order valence-corrected chi connectivity index (χ1v) is 11.2. The highest BCUT2D eigenvalue weighted by Crippen LogP contribution is 2.10. The normalized spacial score (nSPS) is 19.3. The summed E-state index contributed by atoms with van der Waals surface area (Å²) in [5.74, 6) is 1.35. The number of hydrogen-bond acceptors (Lipinski definition) is 5. The lowest BCUT2D eigenvalue weighted by Gasteiger charge is -2.34. The molecule has 0 amide bonds. The van der Waals surface area contributed by atoms with Crippen molar-refractivity contribution in [3.63, 3.8) is 0 Å². The number of aliphatic imine (C=N–C) groups is 1. The fourth-order valence-electron chi connectivity index (χ4n) is 3.06. The highest BCUT2D eigenvalue weighted by molar-refractivity contribution is 7.90. The van der Waals surface area contributed by atoms with Crippen LogP contribution < -0.4 is 10.6 Å². The SMILES string of the molecule is CN=C(NCc1ccc(S(C)(=O)=O)cc1)NCC1CN(CC(C)C)CCO1. The summed E-state index contributed by atoms with van der Waals surface area (Å²) in [6.07, 6.45) is 1.35. The molecule has 0 spiro atoms. The number of nitrogens with one attached hydrogen (secondary N) is 2. The minimum Gasteiger partial charge on any atom is -0.374 e. The number of rotatable bonds is 7. The third kappa shape index (κ3) is 7.48. The van der Waals surface area contributed by atoms with Gasteiger partial charge in [0.2, 0.25) is 0 Å². The van der Waals surface area contributed by atoms with Gasteiger partial charge in [-0.15, -0.1) is 0 Å². The predicted octanol–water partition coefficient (Wildman–Crippen LogP) is 1.11. The van der Waals surface area contributed by atoms with Crippen LogP contribution in [0.1, 0.15) is 19.4 Å². The van der Waals surface area contributed by atoms with E-state index < -0.39 is 9.84 Å². The van der Waals surface area contributed by atoms with Crippen molar-refractivity contribution in [1.82, 2.24) is 15.5 Å². The molecule has 1 aliphatic heterocycles. The summed E-state index contributed by atoms with van der Waals surface area (Å²) >= 11 is 0. The van der Waals surface area contributed by atoms with Gasteiger partial charge in [0.15, 0.2) is 15.8 Å². The second-order valence-corrected chi connectivity index (χ2v) is 9.38. The van der Waals surface area contributed by atoms with Crippen LogP contribution in [0.2, 0.25) is 0 Å². The van der Waals surface area contributed by atoms with E-state index >= 15 is 0 Å². The first kappa shape index (κ1) is 21.7. The molecular weight excluding hydrogens is 364 g/mol.